The van der Waals surface area contributed by atoms with Gasteiger partial charge in [-0.05, 0) is 6.07 Å². The molecular weight excluding hydrogens is 178 g/mol. The highest BCUT2D eigenvalue weighted by atomic mass is 16.3. The lowest BCUT2D eigenvalue weighted by atomic mass is 10.00. The van der Waals surface area contributed by atoms with Crippen LogP contribution in [0.4, 0.5) is 0 Å². The Morgan fingerprint density at radius 3 is 2.86 bits per heavy atom. The zero-order valence-electron chi connectivity index (χ0n) is 7.81. The van der Waals surface area contributed by atoms with Crippen LogP contribution in [0, 0.1) is 0 Å². The second-order valence-electron chi connectivity index (χ2n) is 3.30. The summed E-state index contributed by atoms with van der Waals surface area (Å²) in [6.45, 7) is 0.486. The third-order valence-electron chi connectivity index (χ3n) is 2.46. The van der Waals surface area contributed by atoms with Crippen LogP contribution >= 0.6 is 0 Å². The number of aliphatic hydroxyl groups excluding tert-OH is 1. The van der Waals surface area contributed by atoms with Crippen molar-refractivity contribution >= 4 is 11.0 Å². The molecule has 1 heterocycles. The molecular formula is C11H13NO2. The lowest BCUT2D eigenvalue weighted by molar-refractivity contribution is 0.268. The van der Waals surface area contributed by atoms with Gasteiger partial charge in [0.25, 0.3) is 0 Å². The van der Waals surface area contributed by atoms with Gasteiger partial charge in [-0.25, -0.2) is 0 Å². The van der Waals surface area contributed by atoms with E-state index in [2.05, 4.69) is 0 Å². The van der Waals surface area contributed by atoms with Gasteiger partial charge in [-0.2, -0.15) is 0 Å². The molecule has 14 heavy (non-hydrogen) atoms. The summed E-state index contributed by atoms with van der Waals surface area (Å²) >= 11 is 0. The Morgan fingerprint density at radius 1 is 1.36 bits per heavy atom. The standard InChI is InChI=1S/C11H13NO2/c12-5-8(6-13)10-7-14-11-4-2-1-3-9(10)11/h1-4,7-8,13H,5-6,12H2. The summed E-state index contributed by atoms with van der Waals surface area (Å²) < 4.78 is 5.37. The third-order valence-corrected chi connectivity index (χ3v) is 2.46. The number of para-hydroxylation sites is 1. The maximum Gasteiger partial charge on any atom is 0.134 e. The van der Waals surface area contributed by atoms with E-state index >= 15 is 0 Å². The highest BCUT2D eigenvalue weighted by molar-refractivity contribution is 5.81. The summed E-state index contributed by atoms with van der Waals surface area (Å²) in [4.78, 5) is 0. The molecule has 0 bridgehead atoms. The average Bonchev–Trinajstić information content (AvgIpc) is 2.65. The van der Waals surface area contributed by atoms with E-state index in [4.69, 9.17) is 15.3 Å². The zero-order chi connectivity index (χ0) is 9.97. The molecule has 1 aromatic carbocycles. The number of nitrogens with two attached hydrogens (primary N) is 1. The Kier molecular flexibility index (Phi) is 2.52. The van der Waals surface area contributed by atoms with Crippen LogP contribution in [0.3, 0.4) is 0 Å². The van der Waals surface area contributed by atoms with E-state index in [1.54, 1.807) is 6.26 Å². The maximum atomic E-state index is 9.14. The van der Waals surface area contributed by atoms with Crippen LogP contribution in [0.15, 0.2) is 34.9 Å². The number of benzene rings is 1. The van der Waals surface area contributed by atoms with E-state index in [1.807, 2.05) is 24.3 Å². The van der Waals surface area contributed by atoms with E-state index in [-0.39, 0.29) is 12.5 Å². The van der Waals surface area contributed by atoms with Gasteiger partial charge in [-0.15, -0.1) is 0 Å². The molecule has 0 amide bonds. The lowest BCUT2D eigenvalue weighted by Crippen LogP contribution is -2.15. The Morgan fingerprint density at radius 2 is 2.14 bits per heavy atom. The molecule has 2 aromatic rings. The lowest BCUT2D eigenvalue weighted by Gasteiger charge is -2.08. The van der Waals surface area contributed by atoms with Crippen LogP contribution in [-0.2, 0) is 0 Å². The molecule has 0 aliphatic carbocycles. The van der Waals surface area contributed by atoms with Crippen molar-refractivity contribution in [2.45, 2.75) is 5.92 Å². The molecule has 0 radical (unpaired) electrons. The smallest absolute Gasteiger partial charge is 0.134 e. The number of fused-ring (bicyclic) bond motifs is 1. The van der Waals surface area contributed by atoms with Crippen molar-refractivity contribution < 1.29 is 9.52 Å². The quantitative estimate of drug-likeness (QED) is 0.772. The van der Waals surface area contributed by atoms with E-state index < -0.39 is 0 Å². The Bertz CT molecular complexity index is 418. The normalized spacial score (nSPS) is 13.3. The molecule has 0 fully saturated rings. The van der Waals surface area contributed by atoms with Gasteiger partial charge < -0.3 is 15.3 Å². The van der Waals surface area contributed by atoms with Crippen LogP contribution in [-0.4, -0.2) is 18.3 Å². The molecule has 74 valence electrons. The van der Waals surface area contributed by atoms with Gasteiger partial charge in [0.2, 0.25) is 0 Å². The van der Waals surface area contributed by atoms with Gasteiger partial charge in [-0.3, -0.25) is 0 Å². The van der Waals surface area contributed by atoms with Crippen molar-refractivity contribution in [3.63, 3.8) is 0 Å². The first-order chi connectivity index (χ1) is 6.86. The molecule has 0 saturated carbocycles. The first kappa shape index (κ1) is 9.24. The molecule has 1 aromatic heterocycles. The van der Waals surface area contributed by atoms with Crippen LogP contribution in [0.25, 0.3) is 11.0 Å². The van der Waals surface area contributed by atoms with Gasteiger partial charge in [0.05, 0.1) is 12.9 Å². The fraction of sp³-hybridized carbons (Fsp3) is 0.273. The second kappa shape index (κ2) is 3.82. The summed E-state index contributed by atoms with van der Waals surface area (Å²) in [5.74, 6) is -0.0290. The first-order valence-corrected chi connectivity index (χ1v) is 4.64. The first-order valence-electron chi connectivity index (χ1n) is 4.64. The SMILES string of the molecule is NCC(CO)c1coc2ccccc12. The monoisotopic (exact) mass is 191 g/mol. The van der Waals surface area contributed by atoms with Gasteiger partial charge in [0.1, 0.15) is 5.58 Å². The summed E-state index contributed by atoms with van der Waals surface area (Å²) in [6, 6.07) is 7.76. The summed E-state index contributed by atoms with van der Waals surface area (Å²) in [7, 11) is 0. The van der Waals surface area contributed by atoms with Crippen molar-refractivity contribution in [1.29, 1.82) is 0 Å². The highest BCUT2D eigenvalue weighted by Gasteiger charge is 2.14. The number of hydrogen-bond acceptors (Lipinski definition) is 3. The van der Waals surface area contributed by atoms with Gasteiger partial charge >= 0.3 is 0 Å². The fourth-order valence-corrected chi connectivity index (χ4v) is 1.61. The Labute approximate surface area is 82.1 Å². The molecule has 3 N–H and O–H groups in total. The predicted octanol–water partition coefficient (Wildman–Crippen LogP) is 1.47. The van der Waals surface area contributed by atoms with E-state index in [0.717, 1.165) is 16.5 Å². The Balaban J connectivity index is 2.51. The highest BCUT2D eigenvalue weighted by Crippen LogP contribution is 2.26. The summed E-state index contributed by atoms with van der Waals surface area (Å²) in [6.07, 6.45) is 1.68. The van der Waals surface area contributed by atoms with Crippen molar-refractivity contribution in [3.05, 3.63) is 36.1 Å². The van der Waals surface area contributed by atoms with Crippen molar-refractivity contribution in [2.24, 2.45) is 5.73 Å². The minimum atomic E-state index is -0.0290. The fourth-order valence-electron chi connectivity index (χ4n) is 1.61. The minimum Gasteiger partial charge on any atom is -0.464 e. The molecule has 0 aliphatic heterocycles. The molecule has 1 unspecified atom stereocenters. The molecule has 1 atom stereocenters. The van der Waals surface area contributed by atoms with Crippen LogP contribution in [0.2, 0.25) is 0 Å². The number of furan rings is 1. The van der Waals surface area contributed by atoms with Gasteiger partial charge in [-0.1, -0.05) is 18.2 Å². The minimum absolute atomic E-state index is 0.0290. The van der Waals surface area contributed by atoms with Crippen LogP contribution < -0.4 is 5.73 Å². The molecule has 0 aliphatic rings. The summed E-state index contributed by atoms with van der Waals surface area (Å²) in [5.41, 5.74) is 7.40. The topological polar surface area (TPSA) is 59.4 Å². The zero-order valence-corrected chi connectivity index (χ0v) is 7.81. The maximum absolute atomic E-state index is 9.14. The third kappa shape index (κ3) is 1.41. The molecule has 3 heteroatoms. The van der Waals surface area contributed by atoms with Crippen molar-refractivity contribution in [3.8, 4) is 0 Å². The second-order valence-corrected chi connectivity index (χ2v) is 3.30. The predicted molar refractivity (Wildman–Crippen MR) is 55.1 cm³/mol. The molecule has 0 spiro atoms. The molecule has 3 nitrogen and oxygen atoms in total. The van der Waals surface area contributed by atoms with E-state index in [0.29, 0.717) is 6.54 Å². The van der Waals surface area contributed by atoms with Crippen LogP contribution in [0.5, 0.6) is 0 Å². The number of hydrogen-bond donors (Lipinski definition) is 2. The number of rotatable bonds is 3. The van der Waals surface area contributed by atoms with Gasteiger partial charge in [0, 0.05) is 23.4 Å². The van der Waals surface area contributed by atoms with Crippen LogP contribution in [0.1, 0.15) is 11.5 Å². The Hall–Kier alpha value is -1.32. The van der Waals surface area contributed by atoms with E-state index in [1.165, 1.54) is 0 Å². The molecule has 0 saturated heterocycles. The largest absolute Gasteiger partial charge is 0.464 e. The average molecular weight is 191 g/mol. The van der Waals surface area contributed by atoms with Gasteiger partial charge in [0.15, 0.2) is 0 Å². The number of aliphatic hydroxyl groups is 1. The van der Waals surface area contributed by atoms with E-state index in [9.17, 15) is 0 Å². The summed E-state index contributed by atoms with van der Waals surface area (Å²) in [5, 5.41) is 10.2. The van der Waals surface area contributed by atoms with Crippen molar-refractivity contribution in [1.82, 2.24) is 0 Å². The van der Waals surface area contributed by atoms with Crippen molar-refractivity contribution in [2.75, 3.05) is 13.2 Å². The molecule has 2 rings (SSSR count).